The molecule has 1 saturated heterocycles. The summed E-state index contributed by atoms with van der Waals surface area (Å²) in [7, 11) is -1.41. The molecule has 176 valence electrons. The molecule has 2 aromatic carbocycles. The summed E-state index contributed by atoms with van der Waals surface area (Å²) >= 11 is 0. The largest absolute Gasteiger partial charge is 0.480 e. The van der Waals surface area contributed by atoms with Gasteiger partial charge in [-0.2, -0.15) is 0 Å². The van der Waals surface area contributed by atoms with Crippen molar-refractivity contribution in [3.05, 3.63) is 66.2 Å². The molecule has 3 rings (SSSR count). The van der Waals surface area contributed by atoms with Gasteiger partial charge in [-0.25, -0.2) is 9.59 Å². The van der Waals surface area contributed by atoms with Crippen LogP contribution in [0.3, 0.4) is 0 Å². The number of rotatable bonds is 7. The zero-order valence-corrected chi connectivity index (χ0v) is 20.8. The minimum Gasteiger partial charge on any atom is -0.480 e. The highest BCUT2D eigenvalue weighted by molar-refractivity contribution is 6.76. The van der Waals surface area contributed by atoms with E-state index in [1.54, 1.807) is 18.2 Å². The minimum atomic E-state index is -1.57. The molecule has 0 aliphatic carbocycles. The molecule has 0 radical (unpaired) electrons. The summed E-state index contributed by atoms with van der Waals surface area (Å²) in [5.74, 6) is -1.17. The third-order valence-corrected chi connectivity index (χ3v) is 8.03. The molecule has 0 saturated carbocycles. The average Bonchev–Trinajstić information content (AvgIpc) is 3.06. The Morgan fingerprint density at radius 3 is 2.36 bits per heavy atom. The Morgan fingerprint density at radius 2 is 1.79 bits per heavy atom. The standard InChI is InChI=1S/C26H33NO5Si/c1-6-19-9-7-8-10-22(19)20-11-13-21(14-12-20)26(31)17-25(2,23(28)29)27(18-26)24(30)32-15-16-33(3,4)5/h6-14,31H,1,15-18H2,2-5H3,(H,28,29)/t25-,26-/m0/s1. The van der Waals surface area contributed by atoms with Crippen molar-refractivity contribution in [2.75, 3.05) is 13.2 Å². The van der Waals surface area contributed by atoms with E-state index in [2.05, 4.69) is 26.2 Å². The maximum atomic E-state index is 12.8. The van der Waals surface area contributed by atoms with Crippen LogP contribution in [0.15, 0.2) is 55.1 Å². The zero-order valence-electron chi connectivity index (χ0n) is 19.8. The van der Waals surface area contributed by atoms with E-state index in [0.29, 0.717) is 5.56 Å². The fraction of sp³-hybridized carbons (Fsp3) is 0.385. The van der Waals surface area contributed by atoms with Gasteiger partial charge >= 0.3 is 12.1 Å². The van der Waals surface area contributed by atoms with Gasteiger partial charge in [-0.1, -0.05) is 80.8 Å². The van der Waals surface area contributed by atoms with E-state index >= 15 is 0 Å². The first kappa shape index (κ1) is 24.7. The first-order valence-electron chi connectivity index (χ1n) is 11.1. The van der Waals surface area contributed by atoms with Crippen LogP contribution >= 0.6 is 0 Å². The molecule has 1 amide bonds. The monoisotopic (exact) mass is 467 g/mol. The van der Waals surface area contributed by atoms with Crippen LogP contribution in [-0.2, 0) is 15.1 Å². The van der Waals surface area contributed by atoms with Gasteiger partial charge in [-0.3, -0.25) is 4.90 Å². The normalized spacial score (nSPS) is 22.8. The summed E-state index contributed by atoms with van der Waals surface area (Å²) in [4.78, 5) is 26.1. The number of ether oxygens (including phenoxy) is 1. The number of amides is 1. The predicted octanol–water partition coefficient (Wildman–Crippen LogP) is 5.21. The number of benzene rings is 2. The Hall–Kier alpha value is -2.90. The molecule has 2 atom stereocenters. The first-order valence-corrected chi connectivity index (χ1v) is 14.8. The highest BCUT2D eigenvalue weighted by Crippen LogP contribution is 2.43. The van der Waals surface area contributed by atoms with Crippen molar-refractivity contribution in [1.29, 1.82) is 0 Å². The van der Waals surface area contributed by atoms with Crippen LogP contribution in [0.1, 0.15) is 24.5 Å². The zero-order chi connectivity index (χ0) is 24.4. The summed E-state index contributed by atoms with van der Waals surface area (Å²) in [5.41, 5.74) is 0.461. The number of nitrogens with zero attached hydrogens (tertiary/aromatic N) is 1. The SMILES string of the molecule is C=Cc1ccccc1-c1ccc([C@@]2(O)CN(C(=O)OCC[Si](C)(C)C)[C@](C)(C(=O)O)C2)cc1. The van der Waals surface area contributed by atoms with Gasteiger partial charge in [0.25, 0.3) is 0 Å². The molecule has 1 heterocycles. The van der Waals surface area contributed by atoms with E-state index in [-0.39, 0.29) is 19.6 Å². The molecule has 0 spiro atoms. The summed E-state index contributed by atoms with van der Waals surface area (Å²) in [5, 5.41) is 21.4. The second-order valence-corrected chi connectivity index (χ2v) is 15.8. The molecule has 33 heavy (non-hydrogen) atoms. The summed E-state index contributed by atoms with van der Waals surface area (Å²) in [6, 6.07) is 16.0. The maximum absolute atomic E-state index is 12.8. The van der Waals surface area contributed by atoms with Gasteiger partial charge in [0.1, 0.15) is 11.1 Å². The lowest BCUT2D eigenvalue weighted by Crippen LogP contribution is -2.51. The van der Waals surface area contributed by atoms with Crippen LogP contribution in [0.25, 0.3) is 17.2 Å². The van der Waals surface area contributed by atoms with Crippen LogP contribution in [0, 0.1) is 0 Å². The highest BCUT2D eigenvalue weighted by atomic mass is 28.3. The fourth-order valence-corrected chi connectivity index (χ4v) is 4.94. The van der Waals surface area contributed by atoms with E-state index in [9.17, 15) is 19.8 Å². The third-order valence-electron chi connectivity index (χ3n) is 6.32. The van der Waals surface area contributed by atoms with E-state index in [0.717, 1.165) is 27.6 Å². The van der Waals surface area contributed by atoms with E-state index in [4.69, 9.17) is 4.74 Å². The molecule has 2 N–H and O–H groups in total. The Kier molecular flexibility index (Phi) is 6.86. The molecule has 1 aliphatic heterocycles. The maximum Gasteiger partial charge on any atom is 0.410 e. The molecule has 1 fully saturated rings. The van der Waals surface area contributed by atoms with Crippen molar-refractivity contribution < 1.29 is 24.5 Å². The Morgan fingerprint density at radius 1 is 1.15 bits per heavy atom. The Labute approximate surface area is 196 Å². The van der Waals surface area contributed by atoms with Crippen molar-refractivity contribution in [3.8, 4) is 11.1 Å². The van der Waals surface area contributed by atoms with Crippen LogP contribution in [0.5, 0.6) is 0 Å². The number of likely N-dealkylation sites (tertiary alicyclic amines) is 1. The second-order valence-electron chi connectivity index (χ2n) is 10.2. The van der Waals surface area contributed by atoms with Gasteiger partial charge in [-0.05, 0) is 35.2 Å². The van der Waals surface area contributed by atoms with E-state index in [1.165, 1.54) is 6.92 Å². The van der Waals surface area contributed by atoms with Crippen molar-refractivity contribution in [2.24, 2.45) is 0 Å². The number of hydrogen-bond donors (Lipinski definition) is 2. The summed E-state index contributed by atoms with van der Waals surface area (Å²) in [6.07, 6.45) is 0.962. The van der Waals surface area contributed by atoms with E-state index in [1.807, 2.05) is 36.4 Å². The van der Waals surface area contributed by atoms with Gasteiger partial charge in [0.15, 0.2) is 0 Å². The van der Waals surface area contributed by atoms with Crippen molar-refractivity contribution in [1.82, 2.24) is 4.90 Å². The number of carbonyl (C=O) groups excluding carboxylic acids is 1. The lowest BCUT2D eigenvalue weighted by molar-refractivity contribution is -0.148. The van der Waals surface area contributed by atoms with Gasteiger partial charge in [-0.15, -0.1) is 0 Å². The van der Waals surface area contributed by atoms with Gasteiger partial charge in [0.2, 0.25) is 0 Å². The first-order chi connectivity index (χ1) is 15.4. The topological polar surface area (TPSA) is 87.1 Å². The molecule has 1 aliphatic rings. The number of carbonyl (C=O) groups is 2. The van der Waals surface area contributed by atoms with Crippen molar-refractivity contribution >= 4 is 26.2 Å². The van der Waals surface area contributed by atoms with Gasteiger partial charge < -0.3 is 14.9 Å². The van der Waals surface area contributed by atoms with Crippen LogP contribution in [0.4, 0.5) is 4.79 Å². The summed E-state index contributed by atoms with van der Waals surface area (Å²) < 4.78 is 5.42. The molecule has 0 aromatic heterocycles. The summed E-state index contributed by atoms with van der Waals surface area (Å²) in [6.45, 7) is 11.9. The minimum absolute atomic E-state index is 0.124. The van der Waals surface area contributed by atoms with Crippen LogP contribution in [0.2, 0.25) is 25.7 Å². The number of β-amino-alcohol motifs (C(OH)–C–C–N with tert-alkyl or cyclic N) is 1. The quantitative estimate of drug-likeness (QED) is 0.546. The number of carboxylic acids is 1. The molecular formula is C26H33NO5Si. The molecule has 2 aromatic rings. The van der Waals surface area contributed by atoms with E-state index < -0.39 is 31.3 Å². The lowest BCUT2D eigenvalue weighted by Gasteiger charge is -2.30. The Balaban J connectivity index is 1.85. The molecule has 0 unspecified atom stereocenters. The average molecular weight is 468 g/mol. The molecule has 6 nitrogen and oxygen atoms in total. The number of aliphatic hydroxyl groups is 1. The number of carboxylic acid groups (broad SMARTS) is 1. The number of aliphatic carboxylic acids is 1. The molecular weight excluding hydrogens is 434 g/mol. The molecule has 0 bridgehead atoms. The Bertz CT molecular complexity index is 1050. The lowest BCUT2D eigenvalue weighted by atomic mass is 9.85. The van der Waals surface area contributed by atoms with Crippen LogP contribution < -0.4 is 0 Å². The second kappa shape index (κ2) is 9.15. The fourth-order valence-electron chi connectivity index (χ4n) is 4.23. The van der Waals surface area contributed by atoms with Crippen molar-refractivity contribution in [3.63, 3.8) is 0 Å². The predicted molar refractivity (Wildman–Crippen MR) is 133 cm³/mol. The van der Waals surface area contributed by atoms with Gasteiger partial charge in [0.05, 0.1) is 13.2 Å². The van der Waals surface area contributed by atoms with Gasteiger partial charge in [0, 0.05) is 14.5 Å². The highest BCUT2D eigenvalue weighted by Gasteiger charge is 2.57. The van der Waals surface area contributed by atoms with Crippen LogP contribution in [-0.4, -0.2) is 53.9 Å². The molecule has 7 heteroatoms. The number of hydrogen-bond acceptors (Lipinski definition) is 4. The smallest absolute Gasteiger partial charge is 0.410 e. The van der Waals surface area contributed by atoms with Crippen molar-refractivity contribution in [2.45, 2.75) is 50.2 Å². The third kappa shape index (κ3) is 5.20.